The number of rotatable bonds is 2. The van der Waals surface area contributed by atoms with E-state index in [2.05, 4.69) is 20.8 Å². The van der Waals surface area contributed by atoms with Crippen LogP contribution in [0.15, 0.2) is 0 Å². The van der Waals surface area contributed by atoms with Gasteiger partial charge in [-0.1, -0.05) is 20.8 Å². The molecular weight excluding hydrogens is 290 g/mol. The lowest BCUT2D eigenvalue weighted by Gasteiger charge is -2.27. The summed E-state index contributed by atoms with van der Waals surface area (Å²) in [6, 6.07) is -0.551. The summed E-state index contributed by atoms with van der Waals surface area (Å²) in [4.78, 5) is 25.7. The van der Waals surface area contributed by atoms with Gasteiger partial charge in [-0.05, 0) is 27.2 Å². The van der Waals surface area contributed by atoms with E-state index in [-0.39, 0.29) is 16.0 Å². The molecule has 0 unspecified atom stereocenters. The summed E-state index contributed by atoms with van der Waals surface area (Å²) in [5.74, 6) is -0.377. The molecule has 0 radical (unpaired) electrons. The van der Waals surface area contributed by atoms with Crippen molar-refractivity contribution in [3.05, 3.63) is 0 Å². The Morgan fingerprint density at radius 2 is 1.71 bits per heavy atom. The van der Waals surface area contributed by atoms with Gasteiger partial charge in [-0.15, -0.1) is 0 Å². The number of likely N-dealkylation sites (tertiary alicyclic amines) is 1. The van der Waals surface area contributed by atoms with Crippen molar-refractivity contribution in [2.75, 3.05) is 13.7 Å². The highest BCUT2D eigenvalue weighted by atomic mass is 32.2. The van der Waals surface area contributed by atoms with Crippen molar-refractivity contribution in [1.82, 2.24) is 4.90 Å². The monoisotopic (exact) mass is 317 g/mol. The van der Waals surface area contributed by atoms with Gasteiger partial charge in [-0.25, -0.2) is 9.59 Å². The molecule has 5 nitrogen and oxygen atoms in total. The molecule has 0 aromatic rings. The number of thioether (sulfide) groups is 1. The Bertz CT molecular complexity index is 397. The van der Waals surface area contributed by atoms with E-state index in [1.165, 1.54) is 12.0 Å². The number of ether oxygens (including phenoxy) is 2. The molecule has 2 atom stereocenters. The number of hydrogen-bond donors (Lipinski definition) is 0. The Morgan fingerprint density at radius 1 is 1.14 bits per heavy atom. The van der Waals surface area contributed by atoms with Gasteiger partial charge in [0.15, 0.2) is 0 Å². The third-order valence-electron chi connectivity index (χ3n) is 2.88. The Labute approximate surface area is 131 Å². The fourth-order valence-corrected chi connectivity index (χ4v) is 3.78. The van der Waals surface area contributed by atoms with E-state index in [9.17, 15) is 9.59 Å². The zero-order chi connectivity index (χ0) is 16.4. The van der Waals surface area contributed by atoms with E-state index in [1.807, 2.05) is 20.8 Å². The molecule has 1 fully saturated rings. The van der Waals surface area contributed by atoms with Crippen LogP contribution in [0, 0.1) is 0 Å². The van der Waals surface area contributed by atoms with Crippen molar-refractivity contribution in [1.29, 1.82) is 0 Å². The molecule has 1 aliphatic rings. The average Bonchev–Trinajstić information content (AvgIpc) is 2.67. The minimum atomic E-state index is -0.576. The van der Waals surface area contributed by atoms with Gasteiger partial charge in [0, 0.05) is 16.5 Å². The van der Waals surface area contributed by atoms with Gasteiger partial charge in [-0.3, -0.25) is 4.90 Å². The molecule has 0 saturated carbocycles. The number of carbonyl (C=O) groups is 2. The summed E-state index contributed by atoms with van der Waals surface area (Å²) in [5.41, 5.74) is -0.576. The van der Waals surface area contributed by atoms with Crippen LogP contribution in [0.3, 0.4) is 0 Å². The van der Waals surface area contributed by atoms with Crippen LogP contribution < -0.4 is 0 Å². The highest BCUT2D eigenvalue weighted by molar-refractivity contribution is 8.01. The molecule has 1 saturated heterocycles. The quantitative estimate of drug-likeness (QED) is 0.733. The van der Waals surface area contributed by atoms with Crippen molar-refractivity contribution in [3.63, 3.8) is 0 Å². The molecular formula is C15H27NO4S. The first-order valence-corrected chi connectivity index (χ1v) is 8.06. The van der Waals surface area contributed by atoms with Crippen LogP contribution >= 0.6 is 11.8 Å². The van der Waals surface area contributed by atoms with Crippen LogP contribution in [0.2, 0.25) is 0 Å². The van der Waals surface area contributed by atoms with Gasteiger partial charge in [0.2, 0.25) is 0 Å². The molecule has 0 aliphatic carbocycles. The van der Waals surface area contributed by atoms with Crippen molar-refractivity contribution < 1.29 is 19.1 Å². The maximum atomic E-state index is 12.3. The van der Waals surface area contributed by atoms with Gasteiger partial charge in [0.25, 0.3) is 0 Å². The fourth-order valence-electron chi connectivity index (χ4n) is 2.26. The molecule has 1 heterocycles. The zero-order valence-corrected chi connectivity index (χ0v) is 14.9. The van der Waals surface area contributed by atoms with Crippen LogP contribution in [0.4, 0.5) is 4.79 Å². The van der Waals surface area contributed by atoms with E-state index in [1.54, 1.807) is 11.8 Å². The van der Waals surface area contributed by atoms with Gasteiger partial charge >= 0.3 is 12.1 Å². The SMILES string of the molecule is COC(=O)[C@@H]1C[C@@H](SC(C)(C)C)CN1C(=O)OC(C)(C)C. The van der Waals surface area contributed by atoms with Crippen molar-refractivity contribution >= 4 is 23.8 Å². The third-order valence-corrected chi connectivity index (χ3v) is 4.27. The van der Waals surface area contributed by atoms with Crippen LogP contribution in [-0.4, -0.2) is 52.3 Å². The summed E-state index contributed by atoms with van der Waals surface area (Å²) in [5, 5.41) is 0.210. The summed E-state index contributed by atoms with van der Waals surface area (Å²) in [6.45, 7) is 12.3. The highest BCUT2D eigenvalue weighted by Crippen LogP contribution is 2.36. The van der Waals surface area contributed by atoms with Crippen LogP contribution in [0.25, 0.3) is 0 Å². The molecule has 0 N–H and O–H groups in total. The minimum Gasteiger partial charge on any atom is -0.467 e. The summed E-state index contributed by atoms with van der Waals surface area (Å²) in [7, 11) is 1.35. The predicted octanol–water partition coefficient (Wildman–Crippen LogP) is 3.07. The Kier molecular flexibility index (Phi) is 5.58. The maximum absolute atomic E-state index is 12.3. The highest BCUT2D eigenvalue weighted by Gasteiger charge is 2.43. The predicted molar refractivity (Wildman–Crippen MR) is 84.5 cm³/mol. The smallest absolute Gasteiger partial charge is 0.411 e. The fraction of sp³-hybridized carbons (Fsp3) is 0.867. The lowest BCUT2D eigenvalue weighted by molar-refractivity contribution is -0.145. The number of hydrogen-bond acceptors (Lipinski definition) is 5. The summed E-state index contributed by atoms with van der Waals surface area (Å²) in [6.07, 6.45) is 0.156. The van der Waals surface area contributed by atoms with E-state index in [0.717, 1.165) is 0 Å². The molecule has 0 aromatic heterocycles. The number of amides is 1. The molecule has 0 aromatic carbocycles. The standard InChI is InChI=1S/C15H27NO4S/c1-14(2,3)20-13(18)16-9-10(21-15(4,5)6)8-11(16)12(17)19-7/h10-11H,8-9H2,1-7H3/t10-,11+/m1/s1. The second-order valence-electron chi connectivity index (χ2n) is 7.26. The molecule has 122 valence electrons. The first-order valence-electron chi connectivity index (χ1n) is 7.18. The maximum Gasteiger partial charge on any atom is 0.411 e. The summed E-state index contributed by atoms with van der Waals surface area (Å²) >= 11 is 1.78. The molecule has 1 amide bonds. The van der Waals surface area contributed by atoms with Gasteiger partial charge in [-0.2, -0.15) is 11.8 Å². The number of methoxy groups -OCH3 is 1. The lowest BCUT2D eigenvalue weighted by atomic mass is 10.2. The van der Waals surface area contributed by atoms with E-state index < -0.39 is 17.7 Å². The topological polar surface area (TPSA) is 55.8 Å². The van der Waals surface area contributed by atoms with Crippen LogP contribution in [0.5, 0.6) is 0 Å². The first kappa shape index (κ1) is 18.1. The molecule has 21 heavy (non-hydrogen) atoms. The summed E-state index contributed by atoms with van der Waals surface area (Å²) < 4.78 is 10.3. The minimum absolute atomic E-state index is 0.0786. The van der Waals surface area contributed by atoms with Crippen molar-refractivity contribution in [2.45, 2.75) is 69.6 Å². The van der Waals surface area contributed by atoms with E-state index in [0.29, 0.717) is 13.0 Å². The third kappa shape index (κ3) is 5.77. The van der Waals surface area contributed by atoms with Gasteiger partial charge in [0.1, 0.15) is 11.6 Å². The number of carbonyl (C=O) groups excluding carboxylic acids is 2. The Morgan fingerprint density at radius 3 is 2.14 bits per heavy atom. The lowest BCUT2D eigenvalue weighted by Crippen LogP contribution is -2.43. The number of nitrogens with zero attached hydrogens (tertiary/aromatic N) is 1. The molecule has 1 rings (SSSR count). The van der Waals surface area contributed by atoms with Crippen LogP contribution in [-0.2, 0) is 14.3 Å². The average molecular weight is 317 g/mol. The molecule has 0 bridgehead atoms. The van der Waals surface area contributed by atoms with Crippen molar-refractivity contribution in [2.24, 2.45) is 0 Å². The Hall–Kier alpha value is -0.910. The van der Waals surface area contributed by atoms with Crippen LogP contribution in [0.1, 0.15) is 48.0 Å². The molecule has 6 heteroatoms. The second-order valence-corrected chi connectivity index (χ2v) is 9.39. The zero-order valence-electron chi connectivity index (χ0n) is 14.1. The largest absolute Gasteiger partial charge is 0.467 e. The molecule has 1 aliphatic heterocycles. The Balaban J connectivity index is 2.83. The van der Waals surface area contributed by atoms with E-state index in [4.69, 9.17) is 9.47 Å². The van der Waals surface area contributed by atoms with Gasteiger partial charge in [0.05, 0.1) is 7.11 Å². The normalized spacial score (nSPS) is 23.1. The first-order chi connectivity index (χ1) is 9.43. The number of esters is 1. The van der Waals surface area contributed by atoms with Crippen molar-refractivity contribution in [3.8, 4) is 0 Å². The van der Waals surface area contributed by atoms with E-state index >= 15 is 0 Å². The second kappa shape index (κ2) is 6.46. The molecule has 0 spiro atoms. The van der Waals surface area contributed by atoms with Gasteiger partial charge < -0.3 is 9.47 Å².